The summed E-state index contributed by atoms with van der Waals surface area (Å²) in [5, 5.41) is 2.61. The zero-order chi connectivity index (χ0) is 24.8. The van der Waals surface area contributed by atoms with Crippen molar-refractivity contribution in [2.24, 2.45) is 0 Å². The lowest BCUT2D eigenvalue weighted by Crippen LogP contribution is -2.66. The minimum Gasteiger partial charge on any atom is -0.463 e. The molecule has 33 heavy (non-hydrogen) atoms. The Morgan fingerprint density at radius 2 is 1.48 bits per heavy atom. The number of carbonyl (C=O) groups is 4. The second-order valence-electron chi connectivity index (χ2n) is 6.96. The van der Waals surface area contributed by atoms with E-state index in [1.165, 1.54) is 13.8 Å². The van der Waals surface area contributed by atoms with E-state index in [0.717, 1.165) is 13.8 Å². The highest BCUT2D eigenvalue weighted by Crippen LogP contribution is 2.28. The fraction of sp³-hybridized carbons (Fsp3) is 0.714. The van der Waals surface area contributed by atoms with Crippen LogP contribution in [0.25, 0.3) is 0 Å². The van der Waals surface area contributed by atoms with Crippen LogP contribution in [0.15, 0.2) is 0 Å². The van der Waals surface area contributed by atoms with Crippen molar-refractivity contribution < 1.29 is 52.3 Å². The fourth-order valence-electron chi connectivity index (χ4n) is 3.01. The van der Waals surface area contributed by atoms with E-state index >= 15 is 0 Å². The molecule has 1 aliphatic rings. The zero-order valence-corrected chi connectivity index (χ0v) is 19.2. The van der Waals surface area contributed by atoms with Gasteiger partial charge in [-0.1, -0.05) is 5.92 Å². The minimum absolute atomic E-state index is 0.0429. The summed E-state index contributed by atoms with van der Waals surface area (Å²) in [5.41, 5.74) is 0. The highest BCUT2D eigenvalue weighted by atomic mass is 16.7. The van der Waals surface area contributed by atoms with E-state index in [1.807, 2.05) is 0 Å². The van der Waals surface area contributed by atoms with Gasteiger partial charge in [-0.3, -0.25) is 19.2 Å². The van der Waals surface area contributed by atoms with Crippen LogP contribution < -0.4 is 5.32 Å². The molecule has 1 aliphatic heterocycles. The number of nitrogens with one attached hydrogen (secondary N) is 1. The highest BCUT2D eigenvalue weighted by molar-refractivity contribution is 5.73. The van der Waals surface area contributed by atoms with Crippen LogP contribution in [0.4, 0.5) is 0 Å². The maximum atomic E-state index is 11.8. The molecule has 186 valence electrons. The maximum Gasteiger partial charge on any atom is 0.303 e. The average molecular weight is 473 g/mol. The number of rotatable bonds is 13. The Labute approximate surface area is 192 Å². The molecule has 1 fully saturated rings. The van der Waals surface area contributed by atoms with E-state index in [1.54, 1.807) is 0 Å². The van der Waals surface area contributed by atoms with Gasteiger partial charge < -0.3 is 38.5 Å². The Morgan fingerprint density at radius 1 is 0.879 bits per heavy atom. The van der Waals surface area contributed by atoms with Gasteiger partial charge in [0.05, 0.1) is 26.4 Å². The molecule has 12 heteroatoms. The summed E-state index contributed by atoms with van der Waals surface area (Å²) in [6.07, 6.45) is 0.569. The van der Waals surface area contributed by atoms with E-state index in [4.69, 9.17) is 39.6 Å². The van der Waals surface area contributed by atoms with Crippen LogP contribution in [0, 0.1) is 12.3 Å². The number of terminal acetylenes is 1. The van der Waals surface area contributed by atoms with Crippen molar-refractivity contribution in [2.45, 2.75) is 58.3 Å². The molecule has 12 nitrogen and oxygen atoms in total. The van der Waals surface area contributed by atoms with Crippen molar-refractivity contribution in [3.05, 3.63) is 0 Å². The molecular weight excluding hydrogens is 442 g/mol. The molecule has 3 unspecified atom stereocenters. The molecule has 1 saturated heterocycles. The third kappa shape index (κ3) is 11.1. The molecule has 0 spiro atoms. The van der Waals surface area contributed by atoms with Crippen molar-refractivity contribution in [3.63, 3.8) is 0 Å². The molecule has 5 atom stereocenters. The predicted molar refractivity (Wildman–Crippen MR) is 110 cm³/mol. The summed E-state index contributed by atoms with van der Waals surface area (Å²) in [6.45, 7) is 5.45. The van der Waals surface area contributed by atoms with E-state index in [0.29, 0.717) is 6.61 Å². The fourth-order valence-corrected chi connectivity index (χ4v) is 3.01. The van der Waals surface area contributed by atoms with Crippen molar-refractivity contribution in [2.75, 3.05) is 39.6 Å². The summed E-state index contributed by atoms with van der Waals surface area (Å²) in [7, 11) is 0. The quantitative estimate of drug-likeness (QED) is 0.157. The monoisotopic (exact) mass is 473 g/mol. The van der Waals surface area contributed by atoms with Crippen LogP contribution in [0.1, 0.15) is 27.7 Å². The van der Waals surface area contributed by atoms with Gasteiger partial charge >= 0.3 is 17.9 Å². The first-order valence-corrected chi connectivity index (χ1v) is 10.3. The van der Waals surface area contributed by atoms with Crippen LogP contribution in [-0.4, -0.2) is 94.1 Å². The molecule has 0 bridgehead atoms. The first-order valence-electron chi connectivity index (χ1n) is 10.3. The van der Waals surface area contributed by atoms with E-state index < -0.39 is 54.5 Å². The summed E-state index contributed by atoms with van der Waals surface area (Å²) in [5.74, 6) is -0.0886. The molecule has 0 aromatic rings. The summed E-state index contributed by atoms with van der Waals surface area (Å²) in [4.78, 5) is 46.6. The summed E-state index contributed by atoms with van der Waals surface area (Å²) in [6, 6.07) is -1.02. The van der Waals surface area contributed by atoms with Gasteiger partial charge in [-0.25, -0.2) is 0 Å². The van der Waals surface area contributed by atoms with Gasteiger partial charge in [0.1, 0.15) is 25.4 Å². The van der Waals surface area contributed by atoms with Gasteiger partial charge in [0.2, 0.25) is 5.91 Å². The van der Waals surface area contributed by atoms with Crippen molar-refractivity contribution in [1.29, 1.82) is 0 Å². The number of hydrogen-bond acceptors (Lipinski definition) is 11. The second kappa shape index (κ2) is 15.2. The Bertz CT molecular complexity index is 705. The SMILES string of the molecule is C#CCOCCOCCO[C@@H]1OC(COC(C)=O)[C@H](OC(C)=O)C(OC(C)=O)C1NC(C)=O. The lowest BCUT2D eigenvalue weighted by atomic mass is 9.96. The number of ether oxygens (including phenoxy) is 7. The topological polar surface area (TPSA) is 145 Å². The number of esters is 3. The first kappa shape index (κ1) is 28.3. The Morgan fingerprint density at radius 3 is 2.06 bits per heavy atom. The predicted octanol–water partition coefficient (Wildman–Crippen LogP) is -0.674. The van der Waals surface area contributed by atoms with E-state index in [9.17, 15) is 19.2 Å². The largest absolute Gasteiger partial charge is 0.463 e. The van der Waals surface area contributed by atoms with Crippen LogP contribution >= 0.6 is 0 Å². The molecule has 0 aliphatic carbocycles. The first-order chi connectivity index (χ1) is 15.6. The molecule has 0 radical (unpaired) electrons. The molecule has 0 aromatic heterocycles. The standard InChI is InChI=1S/C21H31NO11/c1-6-7-27-8-9-28-10-11-29-21-18(22-13(2)23)20(32-16(5)26)19(31-15(4)25)17(33-21)12-30-14(3)24/h1,17-21H,7-12H2,2-5H3,(H,22,23)/t17?,18?,19-,20?,21+/m0/s1. The van der Waals surface area contributed by atoms with Gasteiger partial charge in [-0.05, 0) is 0 Å². The van der Waals surface area contributed by atoms with Crippen molar-refractivity contribution in [1.82, 2.24) is 5.32 Å². The lowest BCUT2D eigenvalue weighted by molar-refractivity contribution is -0.279. The molecule has 1 rings (SSSR count). The van der Waals surface area contributed by atoms with E-state index in [-0.39, 0.29) is 33.0 Å². The van der Waals surface area contributed by atoms with Crippen LogP contribution in [0.2, 0.25) is 0 Å². The van der Waals surface area contributed by atoms with Crippen LogP contribution in [0.5, 0.6) is 0 Å². The molecule has 1 N–H and O–H groups in total. The van der Waals surface area contributed by atoms with Gasteiger partial charge in [-0.15, -0.1) is 6.42 Å². The molecule has 1 amide bonds. The van der Waals surface area contributed by atoms with Crippen molar-refractivity contribution in [3.8, 4) is 12.3 Å². The zero-order valence-electron chi connectivity index (χ0n) is 19.2. The molecular formula is C21H31NO11. The normalized spacial score (nSPS) is 24.3. The van der Waals surface area contributed by atoms with E-state index in [2.05, 4.69) is 11.2 Å². The maximum absolute atomic E-state index is 11.8. The number of amides is 1. The minimum atomic E-state index is -1.17. The average Bonchev–Trinajstić information content (AvgIpc) is 2.71. The van der Waals surface area contributed by atoms with Crippen molar-refractivity contribution >= 4 is 23.8 Å². The molecule has 0 aromatic carbocycles. The van der Waals surface area contributed by atoms with Crippen LogP contribution in [-0.2, 0) is 52.3 Å². The van der Waals surface area contributed by atoms with Gasteiger partial charge in [0, 0.05) is 27.7 Å². The van der Waals surface area contributed by atoms with Gasteiger partial charge in [-0.2, -0.15) is 0 Å². The van der Waals surface area contributed by atoms with Gasteiger partial charge in [0.25, 0.3) is 0 Å². The third-order valence-electron chi connectivity index (χ3n) is 4.14. The van der Waals surface area contributed by atoms with Gasteiger partial charge in [0.15, 0.2) is 18.5 Å². The smallest absolute Gasteiger partial charge is 0.303 e. The number of carbonyl (C=O) groups excluding carboxylic acids is 4. The molecule has 0 saturated carbocycles. The Balaban J connectivity index is 2.96. The second-order valence-corrected chi connectivity index (χ2v) is 6.96. The lowest BCUT2D eigenvalue weighted by Gasteiger charge is -2.44. The summed E-state index contributed by atoms with van der Waals surface area (Å²) < 4.78 is 37.7. The Kier molecular flexibility index (Phi) is 13.0. The molecule has 1 heterocycles. The van der Waals surface area contributed by atoms with Crippen LogP contribution in [0.3, 0.4) is 0 Å². The number of hydrogen-bond donors (Lipinski definition) is 1. The summed E-state index contributed by atoms with van der Waals surface area (Å²) >= 11 is 0. The Hall–Kier alpha value is -2.72. The highest BCUT2D eigenvalue weighted by Gasteiger charge is 2.51. The third-order valence-corrected chi connectivity index (χ3v) is 4.14.